The van der Waals surface area contributed by atoms with Crippen molar-refractivity contribution in [3.05, 3.63) is 88.9 Å². The second-order valence-corrected chi connectivity index (χ2v) is 10.8. The fourth-order valence-corrected chi connectivity index (χ4v) is 5.63. The highest BCUT2D eigenvalue weighted by Crippen LogP contribution is 2.30. The smallest absolute Gasteiger partial charge is 0.251 e. The molecule has 7 nitrogen and oxygen atoms in total. The van der Waals surface area contributed by atoms with E-state index in [4.69, 9.17) is 4.99 Å². The molecule has 1 aliphatic carbocycles. The number of nitrogens with zero attached hydrogens (tertiary/aromatic N) is 4. The van der Waals surface area contributed by atoms with Crippen LogP contribution in [-0.4, -0.2) is 70.9 Å². The molecule has 0 bridgehead atoms. The number of thioether (sulfide) groups is 1. The molecule has 2 unspecified atom stereocenters. The van der Waals surface area contributed by atoms with Crippen molar-refractivity contribution in [3.8, 4) is 0 Å². The zero-order chi connectivity index (χ0) is 24.9. The summed E-state index contributed by atoms with van der Waals surface area (Å²) in [4.78, 5) is 26.9. The molecule has 36 heavy (non-hydrogen) atoms. The van der Waals surface area contributed by atoms with Crippen molar-refractivity contribution in [2.75, 3.05) is 39.0 Å². The number of rotatable bonds is 6. The molecular formula is C28H34N6OS. The van der Waals surface area contributed by atoms with Gasteiger partial charge in [0.2, 0.25) is 0 Å². The summed E-state index contributed by atoms with van der Waals surface area (Å²) >= 11 is 1.73. The van der Waals surface area contributed by atoms with Crippen LogP contribution in [0, 0.1) is 0 Å². The first-order chi connectivity index (χ1) is 17.5. The van der Waals surface area contributed by atoms with Crippen LogP contribution in [0.3, 0.4) is 0 Å². The van der Waals surface area contributed by atoms with Gasteiger partial charge >= 0.3 is 0 Å². The number of pyridine rings is 1. The number of benzene rings is 1. The predicted octanol–water partition coefficient (Wildman–Crippen LogP) is 3.60. The third-order valence-electron chi connectivity index (χ3n) is 6.99. The molecule has 8 heteroatoms. The molecule has 5 rings (SSSR count). The highest BCUT2D eigenvalue weighted by molar-refractivity contribution is 8.14. The van der Waals surface area contributed by atoms with Crippen LogP contribution in [0.15, 0.2) is 77.2 Å². The second kappa shape index (κ2) is 11.4. The van der Waals surface area contributed by atoms with Gasteiger partial charge in [-0.1, -0.05) is 42.1 Å². The number of likely N-dealkylation sites (N-methyl/N-ethyl adjacent to an activating group) is 1. The Hall–Kier alpha value is -2.94. The number of hydrogen-bond acceptors (Lipinski definition) is 7. The minimum Gasteiger partial charge on any atom is -0.345 e. The van der Waals surface area contributed by atoms with Crippen LogP contribution in [0.25, 0.3) is 0 Å². The quantitative estimate of drug-likeness (QED) is 0.629. The third kappa shape index (κ3) is 6.24. The molecule has 1 amide bonds. The molecule has 3 heterocycles. The minimum absolute atomic E-state index is 0.0427. The van der Waals surface area contributed by atoms with Crippen LogP contribution in [0.4, 0.5) is 0 Å². The van der Waals surface area contributed by atoms with Gasteiger partial charge in [-0.2, -0.15) is 0 Å². The molecule has 3 aliphatic rings. The number of amides is 1. The van der Waals surface area contributed by atoms with Gasteiger partial charge in [0.15, 0.2) is 5.17 Å². The lowest BCUT2D eigenvalue weighted by molar-refractivity contribution is 0.0944. The van der Waals surface area contributed by atoms with Crippen molar-refractivity contribution in [1.82, 2.24) is 25.4 Å². The zero-order valence-corrected chi connectivity index (χ0v) is 21.8. The molecule has 2 atom stereocenters. The topological polar surface area (TPSA) is 72.9 Å². The van der Waals surface area contributed by atoms with Gasteiger partial charge in [-0.05, 0) is 48.9 Å². The van der Waals surface area contributed by atoms with Gasteiger partial charge in [-0.3, -0.25) is 19.7 Å². The first-order valence-corrected chi connectivity index (χ1v) is 13.6. The Morgan fingerprint density at radius 1 is 1.14 bits per heavy atom. The summed E-state index contributed by atoms with van der Waals surface area (Å²) < 4.78 is 0. The monoisotopic (exact) mass is 502 g/mol. The summed E-state index contributed by atoms with van der Waals surface area (Å²) in [5.74, 6) is 0.861. The normalized spacial score (nSPS) is 23.0. The van der Waals surface area contributed by atoms with Crippen molar-refractivity contribution in [3.63, 3.8) is 0 Å². The van der Waals surface area contributed by atoms with E-state index in [1.165, 1.54) is 11.1 Å². The van der Waals surface area contributed by atoms with Gasteiger partial charge in [0.05, 0.1) is 12.1 Å². The van der Waals surface area contributed by atoms with Crippen molar-refractivity contribution in [2.45, 2.75) is 32.0 Å². The Bertz CT molecular complexity index is 1150. The summed E-state index contributed by atoms with van der Waals surface area (Å²) in [6.45, 7) is 7.42. The van der Waals surface area contributed by atoms with E-state index in [0.29, 0.717) is 12.0 Å². The van der Waals surface area contributed by atoms with Gasteiger partial charge in [0, 0.05) is 68.6 Å². The zero-order valence-electron chi connectivity index (χ0n) is 21.0. The lowest BCUT2D eigenvalue weighted by Gasteiger charge is -2.32. The van der Waals surface area contributed by atoms with E-state index in [2.05, 4.69) is 69.7 Å². The summed E-state index contributed by atoms with van der Waals surface area (Å²) in [6, 6.07) is 12.1. The van der Waals surface area contributed by atoms with E-state index in [-0.39, 0.29) is 18.0 Å². The fourth-order valence-electron chi connectivity index (χ4n) is 4.65. The van der Waals surface area contributed by atoms with Gasteiger partial charge in [0.25, 0.3) is 5.91 Å². The number of carbonyl (C=O) groups is 1. The van der Waals surface area contributed by atoms with E-state index < -0.39 is 0 Å². The minimum atomic E-state index is -0.0603. The summed E-state index contributed by atoms with van der Waals surface area (Å²) in [7, 11) is 2.17. The van der Waals surface area contributed by atoms with Crippen molar-refractivity contribution < 1.29 is 4.79 Å². The Labute approximate surface area is 217 Å². The number of nitrogens with one attached hydrogen (secondary N) is 2. The second-order valence-electron chi connectivity index (χ2n) is 9.75. The molecule has 1 saturated heterocycles. The Morgan fingerprint density at radius 3 is 2.69 bits per heavy atom. The maximum atomic E-state index is 13.0. The lowest BCUT2D eigenvalue weighted by atomic mass is 10.00. The van der Waals surface area contributed by atoms with Crippen LogP contribution in [-0.2, 0) is 6.54 Å². The highest BCUT2D eigenvalue weighted by atomic mass is 32.2. The number of hydrogen-bond donors (Lipinski definition) is 2. The maximum Gasteiger partial charge on any atom is 0.251 e. The molecule has 1 fully saturated rings. The van der Waals surface area contributed by atoms with E-state index in [9.17, 15) is 4.79 Å². The first-order valence-electron chi connectivity index (χ1n) is 12.6. The molecule has 188 valence electrons. The molecule has 2 aliphatic heterocycles. The van der Waals surface area contributed by atoms with E-state index in [1.54, 1.807) is 18.0 Å². The van der Waals surface area contributed by atoms with E-state index >= 15 is 0 Å². The molecule has 2 aromatic rings. The molecule has 0 radical (unpaired) electrons. The van der Waals surface area contributed by atoms with Gasteiger partial charge in [0.1, 0.15) is 0 Å². The number of aliphatic imine (C=N–C) groups is 1. The standard InChI is InChI=1S/C28H34N6OS/c1-20-5-10-24(16-25(20)31-28-32-26(19-36-28)23-4-3-11-29-17-23)30-27(35)22-8-6-21(7-9-22)18-34-14-12-33(2)13-15-34/h3-11,17,24,26H,12-16,18-19H2,1-2H3,(H,30,35)(H,31,32). The SMILES string of the molecule is CC1=C(NC2=NC(c3cccnc3)CS2)CC(NC(=O)c2ccc(CN3CCN(C)CC3)cc2)C=C1. The largest absolute Gasteiger partial charge is 0.345 e. The molecule has 0 saturated carbocycles. The van der Waals surface area contributed by atoms with Crippen molar-refractivity contribution in [1.29, 1.82) is 0 Å². The van der Waals surface area contributed by atoms with Crippen molar-refractivity contribution in [2.24, 2.45) is 4.99 Å². The Balaban J connectivity index is 1.14. The van der Waals surface area contributed by atoms with Crippen LogP contribution in [0.1, 0.15) is 40.9 Å². The molecule has 2 N–H and O–H groups in total. The number of carbonyl (C=O) groups excluding carboxylic acids is 1. The lowest BCUT2D eigenvalue weighted by Crippen LogP contribution is -2.43. The van der Waals surface area contributed by atoms with Gasteiger partial charge in [-0.15, -0.1) is 0 Å². The summed E-state index contributed by atoms with van der Waals surface area (Å²) in [6.07, 6.45) is 8.54. The van der Waals surface area contributed by atoms with Crippen LogP contribution in [0.2, 0.25) is 0 Å². The number of amidine groups is 1. The molecular weight excluding hydrogens is 468 g/mol. The molecule has 0 spiro atoms. The van der Waals surface area contributed by atoms with E-state index in [1.807, 2.05) is 24.4 Å². The predicted molar refractivity (Wildman–Crippen MR) is 147 cm³/mol. The maximum absolute atomic E-state index is 13.0. The van der Waals surface area contributed by atoms with Gasteiger partial charge in [-0.25, -0.2) is 0 Å². The Morgan fingerprint density at radius 2 is 1.94 bits per heavy atom. The summed E-state index contributed by atoms with van der Waals surface area (Å²) in [5.41, 5.74) is 5.35. The summed E-state index contributed by atoms with van der Waals surface area (Å²) in [5, 5.41) is 7.63. The third-order valence-corrected chi connectivity index (χ3v) is 7.95. The number of aromatic nitrogens is 1. The van der Waals surface area contributed by atoms with Crippen LogP contribution < -0.4 is 10.6 Å². The first kappa shape index (κ1) is 24.7. The number of piperazine rings is 1. The average Bonchev–Trinajstić information content (AvgIpc) is 3.37. The Kier molecular flexibility index (Phi) is 7.84. The highest BCUT2D eigenvalue weighted by Gasteiger charge is 2.23. The van der Waals surface area contributed by atoms with E-state index in [0.717, 1.165) is 54.9 Å². The van der Waals surface area contributed by atoms with Gasteiger partial charge < -0.3 is 15.5 Å². The number of allylic oxidation sites excluding steroid dienone is 2. The average molecular weight is 503 g/mol. The molecule has 1 aromatic carbocycles. The fraction of sp³-hybridized carbons (Fsp3) is 0.393. The van der Waals surface area contributed by atoms with Crippen LogP contribution in [0.5, 0.6) is 0 Å². The van der Waals surface area contributed by atoms with Crippen LogP contribution >= 0.6 is 11.8 Å². The van der Waals surface area contributed by atoms with Crippen molar-refractivity contribution >= 4 is 22.8 Å². The molecule has 1 aromatic heterocycles.